The zero-order valence-electron chi connectivity index (χ0n) is 9.52. The molecule has 0 bridgehead atoms. The highest BCUT2D eigenvalue weighted by Gasteiger charge is 2.53. The van der Waals surface area contributed by atoms with Gasteiger partial charge in [0.1, 0.15) is 0 Å². The molecule has 0 amide bonds. The molecule has 0 aromatic carbocycles. The second kappa shape index (κ2) is 3.25. The Hall–Kier alpha value is -0.0800. The van der Waals surface area contributed by atoms with Crippen LogP contribution in [0.1, 0.15) is 40.5 Å². The third-order valence-corrected chi connectivity index (χ3v) is 4.13. The standard InChI is InChI=1S/C11H23NO/c1-8(2)9-6-7-10(3,13)11(9,4)12-5/h8-9,12-13H,6-7H2,1-5H3/t9-,10+,11-/m0/s1. The topological polar surface area (TPSA) is 32.3 Å². The molecule has 0 unspecified atom stereocenters. The SMILES string of the molecule is CN[C@@]1(C)[C@H](C(C)C)CC[C@@]1(C)O. The quantitative estimate of drug-likeness (QED) is 0.687. The van der Waals surface area contributed by atoms with Crippen molar-refractivity contribution in [3.8, 4) is 0 Å². The largest absolute Gasteiger partial charge is 0.388 e. The lowest BCUT2D eigenvalue weighted by Gasteiger charge is -2.42. The van der Waals surface area contributed by atoms with E-state index in [9.17, 15) is 5.11 Å². The highest BCUT2D eigenvalue weighted by atomic mass is 16.3. The summed E-state index contributed by atoms with van der Waals surface area (Å²) in [6.45, 7) is 8.57. The molecule has 0 aromatic rings. The zero-order valence-corrected chi connectivity index (χ0v) is 9.52. The van der Waals surface area contributed by atoms with E-state index in [4.69, 9.17) is 0 Å². The predicted octanol–water partition coefficient (Wildman–Crippen LogP) is 1.78. The Balaban J connectivity index is 2.93. The highest BCUT2D eigenvalue weighted by Crippen LogP contribution is 2.46. The first-order valence-corrected chi connectivity index (χ1v) is 5.26. The van der Waals surface area contributed by atoms with Gasteiger partial charge in [0.2, 0.25) is 0 Å². The van der Waals surface area contributed by atoms with Crippen LogP contribution in [0, 0.1) is 11.8 Å². The third-order valence-electron chi connectivity index (χ3n) is 4.13. The maximum absolute atomic E-state index is 10.3. The molecule has 1 fully saturated rings. The van der Waals surface area contributed by atoms with Gasteiger partial charge in [-0.05, 0) is 45.6 Å². The van der Waals surface area contributed by atoms with Gasteiger partial charge in [0.05, 0.1) is 5.60 Å². The van der Waals surface area contributed by atoms with Crippen LogP contribution in [0.5, 0.6) is 0 Å². The summed E-state index contributed by atoms with van der Waals surface area (Å²) in [5.74, 6) is 1.21. The van der Waals surface area contributed by atoms with Crippen molar-refractivity contribution in [1.29, 1.82) is 0 Å². The number of nitrogens with one attached hydrogen (secondary N) is 1. The van der Waals surface area contributed by atoms with E-state index < -0.39 is 5.60 Å². The Bertz CT molecular complexity index is 189. The van der Waals surface area contributed by atoms with Crippen molar-refractivity contribution in [2.45, 2.75) is 51.7 Å². The maximum Gasteiger partial charge on any atom is 0.0800 e. The van der Waals surface area contributed by atoms with Gasteiger partial charge in [-0.2, -0.15) is 0 Å². The Morgan fingerprint density at radius 3 is 2.23 bits per heavy atom. The molecule has 0 saturated heterocycles. The Labute approximate surface area is 81.7 Å². The number of hydrogen-bond donors (Lipinski definition) is 2. The molecule has 2 nitrogen and oxygen atoms in total. The van der Waals surface area contributed by atoms with E-state index in [1.807, 2.05) is 14.0 Å². The van der Waals surface area contributed by atoms with Gasteiger partial charge >= 0.3 is 0 Å². The number of rotatable bonds is 2. The van der Waals surface area contributed by atoms with E-state index in [0.29, 0.717) is 11.8 Å². The summed E-state index contributed by atoms with van der Waals surface area (Å²) >= 11 is 0. The Morgan fingerprint density at radius 2 is 1.92 bits per heavy atom. The number of likely N-dealkylation sites (N-methyl/N-ethyl adjacent to an activating group) is 1. The van der Waals surface area contributed by atoms with Crippen LogP contribution in [-0.4, -0.2) is 23.3 Å². The minimum Gasteiger partial charge on any atom is -0.388 e. The van der Waals surface area contributed by atoms with E-state index in [-0.39, 0.29) is 5.54 Å². The van der Waals surface area contributed by atoms with Crippen molar-refractivity contribution >= 4 is 0 Å². The number of hydrogen-bond acceptors (Lipinski definition) is 2. The van der Waals surface area contributed by atoms with E-state index in [2.05, 4.69) is 26.1 Å². The zero-order chi connectivity index (χ0) is 10.3. The first-order valence-electron chi connectivity index (χ1n) is 5.26. The molecule has 0 aromatic heterocycles. The van der Waals surface area contributed by atoms with Crippen molar-refractivity contribution in [1.82, 2.24) is 5.32 Å². The van der Waals surface area contributed by atoms with Gasteiger partial charge < -0.3 is 10.4 Å². The molecule has 0 heterocycles. The monoisotopic (exact) mass is 185 g/mol. The van der Waals surface area contributed by atoms with Crippen molar-refractivity contribution in [3.05, 3.63) is 0 Å². The van der Waals surface area contributed by atoms with Crippen LogP contribution in [0.4, 0.5) is 0 Å². The van der Waals surface area contributed by atoms with Gasteiger partial charge in [-0.1, -0.05) is 13.8 Å². The van der Waals surface area contributed by atoms with Crippen LogP contribution in [0.25, 0.3) is 0 Å². The second-order valence-corrected chi connectivity index (χ2v) is 5.12. The van der Waals surface area contributed by atoms with Crippen LogP contribution in [0.2, 0.25) is 0 Å². The van der Waals surface area contributed by atoms with Gasteiger partial charge in [0.15, 0.2) is 0 Å². The molecule has 2 heteroatoms. The summed E-state index contributed by atoms with van der Waals surface area (Å²) in [4.78, 5) is 0. The average Bonchev–Trinajstić information content (AvgIpc) is 2.25. The Kier molecular flexibility index (Phi) is 2.75. The molecule has 1 rings (SSSR count). The van der Waals surface area contributed by atoms with Crippen LogP contribution < -0.4 is 5.32 Å². The summed E-state index contributed by atoms with van der Waals surface area (Å²) in [6, 6.07) is 0. The molecule has 1 aliphatic carbocycles. The molecule has 0 spiro atoms. The van der Waals surface area contributed by atoms with Crippen LogP contribution in [-0.2, 0) is 0 Å². The smallest absolute Gasteiger partial charge is 0.0800 e. The first kappa shape index (κ1) is 11.0. The molecule has 13 heavy (non-hydrogen) atoms. The highest BCUT2D eigenvalue weighted by molar-refractivity contribution is 5.09. The fraction of sp³-hybridized carbons (Fsp3) is 1.00. The number of aliphatic hydroxyl groups is 1. The average molecular weight is 185 g/mol. The summed E-state index contributed by atoms with van der Waals surface area (Å²) in [5, 5.41) is 13.6. The molecule has 2 N–H and O–H groups in total. The van der Waals surface area contributed by atoms with E-state index in [1.54, 1.807) is 0 Å². The second-order valence-electron chi connectivity index (χ2n) is 5.12. The minimum atomic E-state index is -0.559. The van der Waals surface area contributed by atoms with Gasteiger partial charge in [-0.25, -0.2) is 0 Å². The summed E-state index contributed by atoms with van der Waals surface area (Å²) in [6.07, 6.45) is 2.04. The summed E-state index contributed by atoms with van der Waals surface area (Å²) in [5.41, 5.74) is -0.683. The van der Waals surface area contributed by atoms with Gasteiger partial charge in [0, 0.05) is 5.54 Å². The Morgan fingerprint density at radius 1 is 1.38 bits per heavy atom. The fourth-order valence-electron chi connectivity index (χ4n) is 2.84. The van der Waals surface area contributed by atoms with Crippen LogP contribution in [0.15, 0.2) is 0 Å². The van der Waals surface area contributed by atoms with E-state index in [0.717, 1.165) is 12.8 Å². The maximum atomic E-state index is 10.3. The normalized spacial score (nSPS) is 45.9. The van der Waals surface area contributed by atoms with Crippen molar-refractivity contribution in [2.24, 2.45) is 11.8 Å². The molecule has 1 aliphatic rings. The van der Waals surface area contributed by atoms with Crippen LogP contribution in [0.3, 0.4) is 0 Å². The van der Waals surface area contributed by atoms with Crippen molar-refractivity contribution in [2.75, 3.05) is 7.05 Å². The van der Waals surface area contributed by atoms with Gasteiger partial charge in [-0.3, -0.25) is 0 Å². The van der Waals surface area contributed by atoms with Crippen molar-refractivity contribution in [3.63, 3.8) is 0 Å². The lowest BCUT2D eigenvalue weighted by Crippen LogP contribution is -2.59. The lowest BCUT2D eigenvalue weighted by molar-refractivity contribution is -0.0228. The van der Waals surface area contributed by atoms with Gasteiger partial charge in [-0.15, -0.1) is 0 Å². The molecule has 78 valence electrons. The third kappa shape index (κ3) is 1.50. The molecule has 1 saturated carbocycles. The van der Waals surface area contributed by atoms with Crippen LogP contribution >= 0.6 is 0 Å². The van der Waals surface area contributed by atoms with Crippen molar-refractivity contribution < 1.29 is 5.11 Å². The predicted molar refractivity (Wildman–Crippen MR) is 55.7 cm³/mol. The molecule has 0 radical (unpaired) electrons. The molecular formula is C11H23NO. The molecule has 3 atom stereocenters. The minimum absolute atomic E-state index is 0.124. The lowest BCUT2D eigenvalue weighted by atomic mass is 9.75. The molecular weight excluding hydrogens is 162 g/mol. The first-order chi connectivity index (χ1) is 5.85. The van der Waals surface area contributed by atoms with Gasteiger partial charge in [0.25, 0.3) is 0 Å². The summed E-state index contributed by atoms with van der Waals surface area (Å²) < 4.78 is 0. The fourth-order valence-corrected chi connectivity index (χ4v) is 2.84. The summed E-state index contributed by atoms with van der Waals surface area (Å²) in [7, 11) is 1.95. The molecule has 0 aliphatic heterocycles. The van der Waals surface area contributed by atoms with E-state index >= 15 is 0 Å². The van der Waals surface area contributed by atoms with E-state index in [1.165, 1.54) is 0 Å².